The van der Waals surface area contributed by atoms with Gasteiger partial charge in [-0.15, -0.1) is 0 Å². The van der Waals surface area contributed by atoms with E-state index in [1.807, 2.05) is 6.92 Å². The number of rotatable bonds is 2. The van der Waals surface area contributed by atoms with Crippen LogP contribution in [0.3, 0.4) is 0 Å². The Morgan fingerprint density at radius 3 is 2.75 bits per heavy atom. The molecule has 1 unspecified atom stereocenters. The van der Waals surface area contributed by atoms with Crippen LogP contribution in [0.4, 0.5) is 5.69 Å². The molecule has 0 bridgehead atoms. The van der Waals surface area contributed by atoms with Crippen molar-refractivity contribution in [2.45, 2.75) is 31.8 Å². The quantitative estimate of drug-likeness (QED) is 0.828. The number of benzene rings is 1. The summed E-state index contributed by atoms with van der Waals surface area (Å²) in [7, 11) is 0. The van der Waals surface area contributed by atoms with Crippen LogP contribution in [0.5, 0.6) is 0 Å². The summed E-state index contributed by atoms with van der Waals surface area (Å²) in [5, 5.41) is 9.21. The van der Waals surface area contributed by atoms with Gasteiger partial charge in [0.1, 0.15) is 18.2 Å². The average molecular weight is 327 g/mol. The van der Waals surface area contributed by atoms with E-state index in [-0.39, 0.29) is 18.4 Å². The van der Waals surface area contributed by atoms with Crippen LogP contribution in [0.1, 0.15) is 31.7 Å². The largest absolute Gasteiger partial charge is 0.365 e. The molecule has 0 radical (unpaired) electrons. The highest BCUT2D eigenvalue weighted by molar-refractivity contribution is 5.99. The minimum absolute atomic E-state index is 0.0253. The summed E-state index contributed by atoms with van der Waals surface area (Å²) in [6.45, 7) is 3.27. The van der Waals surface area contributed by atoms with Crippen molar-refractivity contribution in [2.75, 3.05) is 31.1 Å². The Hall–Kier alpha value is -2.39. The van der Waals surface area contributed by atoms with E-state index in [1.54, 1.807) is 34.1 Å². The fourth-order valence-corrected chi connectivity index (χ4v) is 3.34. The Morgan fingerprint density at radius 2 is 2.08 bits per heavy atom. The summed E-state index contributed by atoms with van der Waals surface area (Å²) in [6, 6.07) is 9.14. The normalized spacial score (nSPS) is 24.6. The van der Waals surface area contributed by atoms with Crippen molar-refractivity contribution < 1.29 is 14.3 Å². The maximum atomic E-state index is 12.8. The van der Waals surface area contributed by atoms with E-state index in [0.717, 1.165) is 12.8 Å². The number of nitriles is 1. The molecule has 6 heteroatoms. The van der Waals surface area contributed by atoms with Gasteiger partial charge in [0.2, 0.25) is 5.91 Å². The highest BCUT2D eigenvalue weighted by Crippen LogP contribution is 2.28. The molecule has 1 atom stereocenters. The molecular weight excluding hydrogens is 306 g/mol. The Bertz CT molecular complexity index is 689. The number of ether oxygens (including phenoxy) is 1. The van der Waals surface area contributed by atoms with Gasteiger partial charge in [0, 0.05) is 19.7 Å². The molecule has 0 spiro atoms. The highest BCUT2D eigenvalue weighted by atomic mass is 16.5. The smallest absolute Gasteiger partial charge is 0.255 e. The zero-order chi connectivity index (χ0) is 17.2. The number of amides is 2. The first-order valence-electron chi connectivity index (χ1n) is 8.28. The number of hydrogen-bond acceptors (Lipinski definition) is 4. The zero-order valence-electron chi connectivity index (χ0n) is 13.8. The first-order chi connectivity index (χ1) is 11.5. The van der Waals surface area contributed by atoms with Crippen LogP contribution in [-0.2, 0) is 14.3 Å². The number of anilines is 1. The average Bonchev–Trinajstić information content (AvgIpc) is 2.61. The second-order valence-electron chi connectivity index (χ2n) is 6.44. The zero-order valence-corrected chi connectivity index (χ0v) is 13.8. The molecule has 6 nitrogen and oxygen atoms in total. The second-order valence-corrected chi connectivity index (χ2v) is 6.44. The monoisotopic (exact) mass is 327 g/mol. The Labute approximate surface area is 141 Å². The van der Waals surface area contributed by atoms with Crippen LogP contribution < -0.4 is 4.90 Å². The van der Waals surface area contributed by atoms with Gasteiger partial charge in [0.15, 0.2) is 0 Å². The van der Waals surface area contributed by atoms with Crippen LogP contribution in [0.15, 0.2) is 24.3 Å². The van der Waals surface area contributed by atoms with Crippen LogP contribution in [-0.4, -0.2) is 48.6 Å². The van der Waals surface area contributed by atoms with Crippen LogP contribution >= 0.6 is 0 Å². The molecule has 2 aliphatic rings. The van der Waals surface area contributed by atoms with Gasteiger partial charge in [0.25, 0.3) is 5.91 Å². The van der Waals surface area contributed by atoms with Crippen molar-refractivity contribution in [1.82, 2.24) is 4.90 Å². The Morgan fingerprint density at radius 1 is 1.29 bits per heavy atom. The minimum atomic E-state index is -0.814. The maximum Gasteiger partial charge on any atom is 0.255 e. The third-order valence-corrected chi connectivity index (χ3v) is 4.74. The Balaban J connectivity index is 1.73. The predicted molar refractivity (Wildman–Crippen MR) is 88.3 cm³/mol. The molecule has 3 rings (SSSR count). The lowest BCUT2D eigenvalue weighted by Crippen LogP contribution is -2.58. The van der Waals surface area contributed by atoms with Crippen LogP contribution in [0.25, 0.3) is 0 Å². The lowest BCUT2D eigenvalue weighted by Gasteiger charge is -2.40. The lowest BCUT2D eigenvalue weighted by molar-refractivity contribution is -0.163. The first kappa shape index (κ1) is 16.5. The topological polar surface area (TPSA) is 73.6 Å². The number of para-hydroxylation sites is 1. The van der Waals surface area contributed by atoms with Crippen molar-refractivity contribution in [3.05, 3.63) is 29.8 Å². The number of carbonyl (C=O) groups excluding carboxylic acids is 2. The van der Waals surface area contributed by atoms with Gasteiger partial charge in [-0.05, 0) is 38.3 Å². The number of carbonyl (C=O) groups is 2. The predicted octanol–water partition coefficient (Wildman–Crippen LogP) is 1.69. The van der Waals surface area contributed by atoms with E-state index in [1.165, 1.54) is 0 Å². The minimum Gasteiger partial charge on any atom is -0.365 e. The molecule has 2 saturated heterocycles. The van der Waals surface area contributed by atoms with E-state index in [4.69, 9.17) is 4.74 Å². The highest BCUT2D eigenvalue weighted by Gasteiger charge is 2.41. The molecule has 2 aliphatic heterocycles. The standard InChI is InChI=1S/C18H21N3O3/c1-18(8-4-5-11-24-18)17(23)20-9-10-21(16(22)13-20)15-7-3-2-6-14(15)12-19/h2-3,6-7H,4-5,8-11,13H2,1H3. The van der Waals surface area contributed by atoms with Crippen molar-refractivity contribution in [2.24, 2.45) is 0 Å². The van der Waals surface area contributed by atoms with E-state index < -0.39 is 5.60 Å². The van der Waals surface area contributed by atoms with Gasteiger partial charge in [-0.2, -0.15) is 5.26 Å². The molecule has 0 N–H and O–H groups in total. The van der Waals surface area contributed by atoms with Gasteiger partial charge in [-0.3, -0.25) is 9.59 Å². The van der Waals surface area contributed by atoms with E-state index in [9.17, 15) is 14.9 Å². The van der Waals surface area contributed by atoms with Gasteiger partial charge in [-0.1, -0.05) is 12.1 Å². The van der Waals surface area contributed by atoms with Gasteiger partial charge in [-0.25, -0.2) is 0 Å². The SMILES string of the molecule is CC1(C(=O)N2CCN(c3ccccc3C#N)C(=O)C2)CCCCO1. The van der Waals surface area contributed by atoms with Crippen molar-refractivity contribution in [3.8, 4) is 6.07 Å². The molecular formula is C18H21N3O3. The first-order valence-corrected chi connectivity index (χ1v) is 8.28. The second kappa shape index (κ2) is 6.62. The number of nitrogens with zero attached hydrogens (tertiary/aromatic N) is 3. The fraction of sp³-hybridized carbons (Fsp3) is 0.500. The van der Waals surface area contributed by atoms with Crippen molar-refractivity contribution in [1.29, 1.82) is 5.26 Å². The number of hydrogen-bond donors (Lipinski definition) is 0. The molecule has 126 valence electrons. The Kier molecular flexibility index (Phi) is 4.54. The van der Waals surface area contributed by atoms with E-state index in [0.29, 0.717) is 37.4 Å². The van der Waals surface area contributed by atoms with Crippen molar-refractivity contribution in [3.63, 3.8) is 0 Å². The molecule has 1 aromatic rings. The molecule has 0 aliphatic carbocycles. The summed E-state index contributed by atoms with van der Waals surface area (Å²) in [6.07, 6.45) is 2.63. The van der Waals surface area contributed by atoms with Crippen molar-refractivity contribution >= 4 is 17.5 Å². The van der Waals surface area contributed by atoms with Gasteiger partial charge in [0.05, 0.1) is 11.3 Å². The van der Waals surface area contributed by atoms with Crippen LogP contribution in [0.2, 0.25) is 0 Å². The maximum absolute atomic E-state index is 12.8. The molecule has 1 aromatic carbocycles. The fourth-order valence-electron chi connectivity index (χ4n) is 3.34. The molecule has 24 heavy (non-hydrogen) atoms. The molecule has 2 fully saturated rings. The van der Waals surface area contributed by atoms with Gasteiger partial charge < -0.3 is 14.5 Å². The molecule has 2 heterocycles. The third kappa shape index (κ3) is 3.00. The lowest BCUT2D eigenvalue weighted by atomic mass is 9.94. The summed E-state index contributed by atoms with van der Waals surface area (Å²) >= 11 is 0. The summed E-state index contributed by atoms with van der Waals surface area (Å²) in [5.41, 5.74) is 0.260. The van der Waals surface area contributed by atoms with Gasteiger partial charge >= 0.3 is 0 Å². The van der Waals surface area contributed by atoms with E-state index in [2.05, 4.69) is 6.07 Å². The molecule has 0 saturated carbocycles. The summed E-state index contributed by atoms with van der Waals surface area (Å²) in [4.78, 5) is 28.5. The summed E-state index contributed by atoms with van der Waals surface area (Å²) in [5.74, 6) is -0.277. The molecule has 2 amide bonds. The third-order valence-electron chi connectivity index (χ3n) is 4.74. The summed E-state index contributed by atoms with van der Waals surface area (Å²) < 4.78 is 5.70. The van der Waals surface area contributed by atoms with Crippen LogP contribution in [0, 0.1) is 11.3 Å². The number of piperazine rings is 1. The molecule has 0 aromatic heterocycles. The van der Waals surface area contributed by atoms with E-state index >= 15 is 0 Å².